The van der Waals surface area contributed by atoms with Gasteiger partial charge >= 0.3 is 5.97 Å². The Labute approximate surface area is 172 Å². The molecule has 1 heterocycles. The van der Waals surface area contributed by atoms with E-state index in [4.69, 9.17) is 10.5 Å². The van der Waals surface area contributed by atoms with Gasteiger partial charge in [0.25, 0.3) is 0 Å². The molecule has 3 rings (SSSR count). The van der Waals surface area contributed by atoms with Crippen molar-refractivity contribution in [3.8, 4) is 0 Å². The molecule has 0 bridgehead atoms. The largest absolute Gasteiger partial charge is 0.459 e. The second-order valence-corrected chi connectivity index (χ2v) is 8.66. The fraction of sp³-hybridized carbons (Fsp3) is 0.417. The van der Waals surface area contributed by atoms with Gasteiger partial charge in [0.2, 0.25) is 5.91 Å². The minimum Gasteiger partial charge on any atom is -0.459 e. The number of carbonyl (C=O) groups is 2. The monoisotopic (exact) mass is 394 g/mol. The van der Waals surface area contributed by atoms with Crippen molar-refractivity contribution in [3.63, 3.8) is 0 Å². The van der Waals surface area contributed by atoms with Crippen LogP contribution in [0.15, 0.2) is 60.7 Å². The number of benzene rings is 2. The number of nitrogens with two attached hydrogens (primary N) is 1. The van der Waals surface area contributed by atoms with E-state index in [2.05, 4.69) is 12.1 Å². The minimum atomic E-state index is -0.656. The SMILES string of the molecule is CC(C)(C)OC(=O)CN1C(=O)C(N)CC(c2ccccc2)CC1c1ccccc1. The Morgan fingerprint density at radius 2 is 1.55 bits per heavy atom. The Bertz CT molecular complexity index is 830. The normalized spacial score (nSPS) is 22.8. The quantitative estimate of drug-likeness (QED) is 0.801. The fourth-order valence-corrected chi connectivity index (χ4v) is 3.96. The van der Waals surface area contributed by atoms with Crippen LogP contribution in [-0.2, 0) is 14.3 Å². The van der Waals surface area contributed by atoms with E-state index in [0.29, 0.717) is 12.8 Å². The Kier molecular flexibility index (Phi) is 6.38. The van der Waals surface area contributed by atoms with Gasteiger partial charge in [0, 0.05) is 0 Å². The van der Waals surface area contributed by atoms with Gasteiger partial charge < -0.3 is 15.4 Å². The van der Waals surface area contributed by atoms with Crippen LogP contribution in [0.25, 0.3) is 0 Å². The Hall–Kier alpha value is -2.66. The third kappa shape index (κ3) is 5.45. The van der Waals surface area contributed by atoms with Crippen LogP contribution in [0.3, 0.4) is 0 Å². The van der Waals surface area contributed by atoms with Crippen LogP contribution >= 0.6 is 0 Å². The first kappa shape index (κ1) is 21.1. The molecule has 154 valence electrons. The van der Waals surface area contributed by atoms with Crippen molar-refractivity contribution in [3.05, 3.63) is 71.8 Å². The standard InChI is InChI=1S/C24H30N2O3/c1-24(2,3)29-22(27)16-26-21(18-12-8-5-9-13-18)15-19(14-20(25)23(26)28)17-10-6-4-7-11-17/h4-13,19-21H,14-16,25H2,1-3H3. The van der Waals surface area contributed by atoms with Gasteiger partial charge in [0.05, 0.1) is 12.1 Å². The minimum absolute atomic E-state index is 0.106. The summed E-state index contributed by atoms with van der Waals surface area (Å²) in [6, 6.07) is 19.1. The van der Waals surface area contributed by atoms with E-state index in [1.807, 2.05) is 69.3 Å². The van der Waals surface area contributed by atoms with Gasteiger partial charge in [-0.05, 0) is 50.7 Å². The highest BCUT2D eigenvalue weighted by atomic mass is 16.6. The van der Waals surface area contributed by atoms with Crippen LogP contribution in [0.5, 0.6) is 0 Å². The fourth-order valence-electron chi connectivity index (χ4n) is 3.96. The molecule has 3 unspecified atom stereocenters. The van der Waals surface area contributed by atoms with Gasteiger partial charge in [0.1, 0.15) is 12.1 Å². The first-order valence-corrected chi connectivity index (χ1v) is 10.1. The summed E-state index contributed by atoms with van der Waals surface area (Å²) in [5, 5.41) is 0. The van der Waals surface area contributed by atoms with Gasteiger partial charge in [-0.25, -0.2) is 0 Å². The molecule has 1 fully saturated rings. The average molecular weight is 395 g/mol. The van der Waals surface area contributed by atoms with Crippen LogP contribution in [0.1, 0.15) is 56.7 Å². The lowest BCUT2D eigenvalue weighted by Crippen LogP contribution is -2.46. The zero-order valence-corrected chi connectivity index (χ0v) is 17.4. The van der Waals surface area contributed by atoms with E-state index >= 15 is 0 Å². The van der Waals surface area contributed by atoms with Crippen molar-refractivity contribution >= 4 is 11.9 Å². The molecule has 1 amide bonds. The molecule has 5 nitrogen and oxygen atoms in total. The molecule has 1 aliphatic rings. The third-order valence-electron chi connectivity index (χ3n) is 5.20. The van der Waals surface area contributed by atoms with E-state index in [-0.39, 0.29) is 24.4 Å². The number of nitrogens with zero attached hydrogens (tertiary/aromatic N) is 1. The molecule has 5 heteroatoms. The van der Waals surface area contributed by atoms with E-state index in [0.717, 1.165) is 11.1 Å². The highest BCUT2D eigenvalue weighted by molar-refractivity contribution is 5.86. The summed E-state index contributed by atoms with van der Waals surface area (Å²) in [6.45, 7) is 5.36. The van der Waals surface area contributed by atoms with Gasteiger partial charge in [-0.2, -0.15) is 0 Å². The van der Waals surface area contributed by atoms with Crippen molar-refractivity contribution in [2.24, 2.45) is 5.73 Å². The number of hydrogen-bond acceptors (Lipinski definition) is 4. The van der Waals surface area contributed by atoms with Crippen molar-refractivity contribution < 1.29 is 14.3 Å². The summed E-state index contributed by atoms with van der Waals surface area (Å²) in [4.78, 5) is 27.4. The first-order chi connectivity index (χ1) is 13.7. The topological polar surface area (TPSA) is 72.6 Å². The molecule has 0 radical (unpaired) electrons. The number of esters is 1. The van der Waals surface area contributed by atoms with Crippen molar-refractivity contribution in [1.29, 1.82) is 0 Å². The maximum Gasteiger partial charge on any atom is 0.326 e. The zero-order valence-electron chi connectivity index (χ0n) is 17.4. The van der Waals surface area contributed by atoms with Crippen molar-refractivity contribution in [1.82, 2.24) is 4.90 Å². The average Bonchev–Trinajstić information content (AvgIpc) is 2.80. The van der Waals surface area contributed by atoms with Gasteiger partial charge in [-0.3, -0.25) is 9.59 Å². The van der Waals surface area contributed by atoms with Crippen molar-refractivity contribution in [2.45, 2.75) is 57.2 Å². The summed E-state index contributed by atoms with van der Waals surface area (Å²) in [5.41, 5.74) is 7.85. The Balaban J connectivity index is 1.95. The van der Waals surface area contributed by atoms with E-state index in [1.165, 1.54) is 0 Å². The second kappa shape index (κ2) is 8.78. The molecule has 29 heavy (non-hydrogen) atoms. The number of hydrogen-bond donors (Lipinski definition) is 1. The van der Waals surface area contributed by atoms with Crippen LogP contribution in [0, 0.1) is 0 Å². The summed E-state index contributed by atoms with van der Waals surface area (Å²) in [6.07, 6.45) is 1.26. The maximum atomic E-state index is 13.2. The van der Waals surface area contributed by atoms with Gasteiger partial charge in [0.15, 0.2) is 0 Å². The lowest BCUT2D eigenvalue weighted by Gasteiger charge is -2.32. The van der Waals surface area contributed by atoms with Crippen LogP contribution < -0.4 is 5.73 Å². The molecule has 1 saturated heterocycles. The molecular weight excluding hydrogens is 364 g/mol. The Morgan fingerprint density at radius 3 is 2.10 bits per heavy atom. The lowest BCUT2D eigenvalue weighted by molar-refractivity contribution is -0.160. The summed E-state index contributed by atoms with van der Waals surface area (Å²) < 4.78 is 5.49. The van der Waals surface area contributed by atoms with E-state index in [9.17, 15) is 9.59 Å². The number of rotatable bonds is 4. The summed E-state index contributed by atoms with van der Waals surface area (Å²) in [7, 11) is 0. The lowest BCUT2D eigenvalue weighted by atomic mass is 9.86. The van der Waals surface area contributed by atoms with Gasteiger partial charge in [-0.15, -0.1) is 0 Å². The molecule has 0 aromatic heterocycles. The van der Waals surface area contributed by atoms with E-state index in [1.54, 1.807) is 4.90 Å². The first-order valence-electron chi connectivity index (χ1n) is 10.1. The molecule has 1 aliphatic heterocycles. The Morgan fingerprint density at radius 1 is 1.00 bits per heavy atom. The maximum absolute atomic E-state index is 13.2. The molecule has 0 spiro atoms. The smallest absolute Gasteiger partial charge is 0.326 e. The number of carbonyl (C=O) groups excluding carboxylic acids is 2. The predicted octanol–water partition coefficient (Wildman–Crippen LogP) is 3.80. The summed E-state index contributed by atoms with van der Waals surface area (Å²) in [5.74, 6) is -0.496. The van der Waals surface area contributed by atoms with Crippen LogP contribution in [0.4, 0.5) is 0 Å². The highest BCUT2D eigenvalue weighted by Gasteiger charge is 2.38. The molecule has 0 aliphatic carbocycles. The van der Waals surface area contributed by atoms with Crippen molar-refractivity contribution in [2.75, 3.05) is 6.54 Å². The number of likely N-dealkylation sites (tertiary alicyclic amines) is 1. The zero-order chi connectivity index (χ0) is 21.0. The number of ether oxygens (including phenoxy) is 1. The third-order valence-corrected chi connectivity index (χ3v) is 5.20. The van der Waals surface area contributed by atoms with Gasteiger partial charge in [-0.1, -0.05) is 60.7 Å². The van der Waals surface area contributed by atoms with Crippen LogP contribution in [-0.4, -0.2) is 35.0 Å². The molecule has 0 saturated carbocycles. The van der Waals surface area contributed by atoms with Crippen LogP contribution in [0.2, 0.25) is 0 Å². The number of amides is 1. The second-order valence-electron chi connectivity index (χ2n) is 8.66. The molecule has 2 aromatic rings. The van der Waals surface area contributed by atoms with E-state index < -0.39 is 17.6 Å². The molecule has 3 atom stereocenters. The predicted molar refractivity (Wildman–Crippen MR) is 113 cm³/mol. The molecule has 2 N–H and O–H groups in total. The molecule has 2 aromatic carbocycles. The highest BCUT2D eigenvalue weighted by Crippen LogP contribution is 2.38. The summed E-state index contributed by atoms with van der Waals surface area (Å²) >= 11 is 0. The molecular formula is C24H30N2O3.